The van der Waals surface area contributed by atoms with E-state index in [1.165, 1.54) is 0 Å². The van der Waals surface area contributed by atoms with Crippen LogP contribution in [0.1, 0.15) is 40.4 Å². The number of hydrogen-bond acceptors (Lipinski definition) is 4. The van der Waals surface area contributed by atoms with Gasteiger partial charge in [0.05, 0.1) is 6.04 Å². The molecule has 0 spiro atoms. The third-order valence-corrected chi connectivity index (χ3v) is 3.17. The van der Waals surface area contributed by atoms with Gasteiger partial charge in [0.25, 0.3) is 5.91 Å². The molecule has 2 aromatic rings. The summed E-state index contributed by atoms with van der Waals surface area (Å²) in [5.74, 6) is 6.78. The first-order valence-corrected chi connectivity index (χ1v) is 6.45. The first-order valence-electron chi connectivity index (χ1n) is 6.45. The summed E-state index contributed by atoms with van der Waals surface area (Å²) in [5, 5.41) is 2.92. The van der Waals surface area contributed by atoms with Crippen molar-refractivity contribution in [2.45, 2.75) is 26.8 Å². The van der Waals surface area contributed by atoms with Crippen LogP contribution in [-0.4, -0.2) is 5.91 Å². The summed E-state index contributed by atoms with van der Waals surface area (Å²) < 4.78 is 5.51. The zero-order valence-electron chi connectivity index (χ0n) is 11.9. The average molecular weight is 273 g/mol. The molecule has 2 rings (SSSR count). The number of carbonyl (C=O) groups excluding carboxylic acids is 1. The van der Waals surface area contributed by atoms with E-state index in [1.807, 2.05) is 39.0 Å². The molecular weight excluding hydrogens is 254 g/mol. The molecule has 106 valence electrons. The van der Waals surface area contributed by atoms with Gasteiger partial charge in [-0.2, -0.15) is 0 Å². The number of furan rings is 1. The van der Waals surface area contributed by atoms with Crippen LogP contribution >= 0.6 is 0 Å². The first-order chi connectivity index (χ1) is 9.51. The molecule has 0 aliphatic rings. The Hall–Kier alpha value is -2.27. The lowest BCUT2D eigenvalue weighted by atomic mass is 10.1. The van der Waals surface area contributed by atoms with E-state index in [0.717, 1.165) is 22.8 Å². The highest BCUT2D eigenvalue weighted by Crippen LogP contribution is 2.18. The summed E-state index contributed by atoms with van der Waals surface area (Å²) in [7, 11) is 0. The lowest BCUT2D eigenvalue weighted by Crippen LogP contribution is -2.27. The van der Waals surface area contributed by atoms with Crippen LogP contribution in [0.5, 0.6) is 0 Å². The third kappa shape index (κ3) is 3.00. The van der Waals surface area contributed by atoms with Crippen molar-refractivity contribution in [3.8, 4) is 0 Å². The summed E-state index contributed by atoms with van der Waals surface area (Å²) in [6.07, 6.45) is 0. The van der Waals surface area contributed by atoms with Crippen LogP contribution in [0.25, 0.3) is 0 Å². The number of nitrogen functional groups attached to an aromatic ring is 1. The van der Waals surface area contributed by atoms with Crippen molar-refractivity contribution in [1.82, 2.24) is 5.32 Å². The lowest BCUT2D eigenvalue weighted by Gasteiger charge is -2.13. The number of hydrogen-bond donors (Lipinski definition) is 3. The van der Waals surface area contributed by atoms with Crippen LogP contribution in [0.4, 0.5) is 5.69 Å². The van der Waals surface area contributed by atoms with Gasteiger partial charge in [0.1, 0.15) is 11.5 Å². The Bertz CT molecular complexity index is 619. The summed E-state index contributed by atoms with van der Waals surface area (Å²) in [4.78, 5) is 12.3. The van der Waals surface area contributed by atoms with E-state index >= 15 is 0 Å². The summed E-state index contributed by atoms with van der Waals surface area (Å²) in [6, 6.07) is 8.92. The van der Waals surface area contributed by atoms with Crippen LogP contribution in [0, 0.1) is 13.8 Å². The van der Waals surface area contributed by atoms with E-state index < -0.39 is 0 Å². The van der Waals surface area contributed by atoms with E-state index in [2.05, 4.69) is 10.7 Å². The maximum absolute atomic E-state index is 12.3. The van der Waals surface area contributed by atoms with Gasteiger partial charge in [-0.3, -0.25) is 10.6 Å². The SMILES string of the molecule is Cc1ccc(C(C)NC(=O)c2ccc(NN)cc2C)o1. The Kier molecular flexibility index (Phi) is 4.10. The van der Waals surface area contributed by atoms with E-state index in [4.69, 9.17) is 10.3 Å². The fourth-order valence-electron chi connectivity index (χ4n) is 2.04. The van der Waals surface area contributed by atoms with Crippen LogP contribution in [-0.2, 0) is 0 Å². The summed E-state index contributed by atoms with van der Waals surface area (Å²) in [5.41, 5.74) is 4.81. The maximum atomic E-state index is 12.3. The van der Waals surface area contributed by atoms with Crippen molar-refractivity contribution in [3.05, 3.63) is 53.0 Å². The molecule has 0 bridgehead atoms. The molecule has 1 amide bonds. The molecular formula is C15H19N3O2. The highest BCUT2D eigenvalue weighted by molar-refractivity contribution is 5.96. The van der Waals surface area contributed by atoms with Crippen LogP contribution in [0.2, 0.25) is 0 Å². The van der Waals surface area contributed by atoms with Gasteiger partial charge >= 0.3 is 0 Å². The molecule has 5 nitrogen and oxygen atoms in total. The number of rotatable bonds is 4. The molecule has 1 atom stereocenters. The molecule has 5 heteroatoms. The number of amides is 1. The second-order valence-corrected chi connectivity index (χ2v) is 4.82. The molecule has 0 aliphatic carbocycles. The Balaban J connectivity index is 2.12. The van der Waals surface area contributed by atoms with Crippen LogP contribution < -0.4 is 16.6 Å². The molecule has 1 unspecified atom stereocenters. The van der Waals surface area contributed by atoms with Gasteiger partial charge in [0.2, 0.25) is 0 Å². The van der Waals surface area contributed by atoms with E-state index in [1.54, 1.807) is 12.1 Å². The van der Waals surface area contributed by atoms with Gasteiger partial charge in [-0.25, -0.2) is 0 Å². The van der Waals surface area contributed by atoms with Gasteiger partial charge < -0.3 is 15.2 Å². The highest BCUT2D eigenvalue weighted by Gasteiger charge is 2.15. The van der Waals surface area contributed by atoms with Crippen molar-refractivity contribution in [3.63, 3.8) is 0 Å². The maximum Gasteiger partial charge on any atom is 0.252 e. The summed E-state index contributed by atoms with van der Waals surface area (Å²) >= 11 is 0. The van der Waals surface area contributed by atoms with Crippen molar-refractivity contribution < 1.29 is 9.21 Å². The fraction of sp³-hybridized carbons (Fsp3) is 0.267. The van der Waals surface area contributed by atoms with Crippen LogP contribution in [0.3, 0.4) is 0 Å². The minimum atomic E-state index is -0.178. The van der Waals surface area contributed by atoms with Crippen molar-refractivity contribution >= 4 is 11.6 Å². The molecule has 0 saturated carbocycles. The van der Waals surface area contributed by atoms with Crippen LogP contribution in [0.15, 0.2) is 34.7 Å². The first kappa shape index (κ1) is 14.1. The van der Waals surface area contributed by atoms with E-state index in [-0.39, 0.29) is 11.9 Å². The average Bonchev–Trinajstić information content (AvgIpc) is 2.85. The van der Waals surface area contributed by atoms with Crippen molar-refractivity contribution in [1.29, 1.82) is 0 Å². The van der Waals surface area contributed by atoms with Gasteiger partial charge in [-0.05, 0) is 56.7 Å². The Morgan fingerprint density at radius 3 is 2.55 bits per heavy atom. The van der Waals surface area contributed by atoms with Gasteiger partial charge in [0, 0.05) is 11.3 Å². The number of benzene rings is 1. The van der Waals surface area contributed by atoms with Crippen molar-refractivity contribution in [2.75, 3.05) is 5.43 Å². The number of hydrazine groups is 1. The third-order valence-electron chi connectivity index (χ3n) is 3.17. The normalized spacial score (nSPS) is 12.0. The fourth-order valence-corrected chi connectivity index (χ4v) is 2.04. The molecule has 1 aromatic heterocycles. The molecule has 0 radical (unpaired) electrons. The topological polar surface area (TPSA) is 80.3 Å². The van der Waals surface area contributed by atoms with Gasteiger partial charge in [0.15, 0.2) is 0 Å². The molecule has 4 N–H and O–H groups in total. The predicted molar refractivity (Wildman–Crippen MR) is 78.3 cm³/mol. The van der Waals surface area contributed by atoms with Gasteiger partial charge in [-0.15, -0.1) is 0 Å². The standard InChI is InChI=1S/C15H19N3O2/c1-9-8-12(18-16)5-6-13(9)15(19)17-11(3)14-7-4-10(2)20-14/h4-8,11,18H,16H2,1-3H3,(H,17,19). The highest BCUT2D eigenvalue weighted by atomic mass is 16.3. The summed E-state index contributed by atoms with van der Waals surface area (Å²) in [6.45, 7) is 5.64. The molecule has 0 fully saturated rings. The minimum absolute atomic E-state index is 0.132. The number of nitrogens with two attached hydrogens (primary N) is 1. The zero-order chi connectivity index (χ0) is 14.7. The van der Waals surface area contributed by atoms with E-state index in [9.17, 15) is 4.79 Å². The molecule has 20 heavy (non-hydrogen) atoms. The Morgan fingerprint density at radius 1 is 1.25 bits per heavy atom. The molecule has 0 aliphatic heterocycles. The minimum Gasteiger partial charge on any atom is -0.464 e. The number of anilines is 1. The molecule has 0 saturated heterocycles. The van der Waals surface area contributed by atoms with E-state index in [0.29, 0.717) is 5.56 Å². The second kappa shape index (κ2) is 5.79. The molecule has 1 aromatic carbocycles. The van der Waals surface area contributed by atoms with Crippen molar-refractivity contribution in [2.24, 2.45) is 5.84 Å². The quantitative estimate of drug-likeness (QED) is 0.591. The molecule has 1 heterocycles. The lowest BCUT2D eigenvalue weighted by molar-refractivity contribution is 0.0934. The Morgan fingerprint density at radius 2 is 2.00 bits per heavy atom. The second-order valence-electron chi connectivity index (χ2n) is 4.82. The number of carbonyl (C=O) groups is 1. The number of aryl methyl sites for hydroxylation is 2. The smallest absolute Gasteiger partial charge is 0.252 e. The monoisotopic (exact) mass is 273 g/mol. The largest absolute Gasteiger partial charge is 0.464 e. The van der Waals surface area contributed by atoms with Gasteiger partial charge in [-0.1, -0.05) is 0 Å². The number of nitrogens with one attached hydrogen (secondary N) is 2. The predicted octanol–water partition coefficient (Wildman–Crippen LogP) is 2.67. The zero-order valence-corrected chi connectivity index (χ0v) is 11.9. The Labute approximate surface area is 118 Å².